The van der Waals surface area contributed by atoms with E-state index in [9.17, 15) is 23.0 Å². The summed E-state index contributed by atoms with van der Waals surface area (Å²) in [6.07, 6.45) is -3.06. The first kappa shape index (κ1) is 16.9. The molecule has 0 aromatic carbocycles. The van der Waals surface area contributed by atoms with Crippen molar-refractivity contribution < 1.29 is 31.9 Å². The molecule has 1 fully saturated rings. The molecule has 0 saturated carbocycles. The fourth-order valence-corrected chi connectivity index (χ4v) is 2.64. The minimum atomic E-state index is -4.47. The molecule has 1 aliphatic heterocycles. The van der Waals surface area contributed by atoms with Crippen LogP contribution in [0, 0.1) is 0 Å². The maximum absolute atomic E-state index is 14.6. The summed E-state index contributed by atoms with van der Waals surface area (Å²) in [6, 6.07) is 0. The zero-order chi connectivity index (χ0) is 17.7. The lowest BCUT2D eigenvalue weighted by molar-refractivity contribution is -0.201. The Bertz CT molecular complexity index is 876. The van der Waals surface area contributed by atoms with E-state index in [4.69, 9.17) is 10.5 Å². The van der Waals surface area contributed by atoms with E-state index in [2.05, 4.69) is 24.3 Å². The number of alkyl halides is 1. The lowest BCUT2D eigenvalue weighted by atomic mass is 10.1. The van der Waals surface area contributed by atoms with Crippen LogP contribution in [0.2, 0.25) is 0 Å². The Balaban J connectivity index is 1.93. The number of aliphatic hydroxyl groups is 2. The summed E-state index contributed by atoms with van der Waals surface area (Å²) in [5.74, 6) is -2.97. The van der Waals surface area contributed by atoms with Crippen molar-refractivity contribution in [1.82, 2.24) is 19.5 Å². The number of hydrogen-bond donors (Lipinski definition) is 4. The van der Waals surface area contributed by atoms with Gasteiger partial charge in [0.25, 0.3) is 5.85 Å². The fourth-order valence-electron chi connectivity index (χ4n) is 2.31. The first-order valence-corrected chi connectivity index (χ1v) is 7.92. The molecule has 6 N–H and O–H groups in total. The second-order valence-electron chi connectivity index (χ2n) is 5.07. The zero-order valence-corrected chi connectivity index (χ0v) is 12.7. The van der Waals surface area contributed by atoms with Crippen LogP contribution in [-0.2, 0) is 19.2 Å². The highest BCUT2D eigenvalue weighted by Crippen LogP contribution is 2.39. The van der Waals surface area contributed by atoms with Gasteiger partial charge in [0.1, 0.15) is 30.7 Å². The topological polar surface area (TPSA) is 189 Å². The van der Waals surface area contributed by atoms with Gasteiger partial charge in [-0.25, -0.2) is 24.5 Å². The van der Waals surface area contributed by atoms with Crippen molar-refractivity contribution in [3.63, 3.8) is 0 Å². The molecule has 3 rings (SSSR count). The summed E-state index contributed by atoms with van der Waals surface area (Å²) in [6.45, 7) is -1.25. The molecule has 1 aliphatic rings. The van der Waals surface area contributed by atoms with E-state index in [-0.39, 0.29) is 17.0 Å². The standard InChI is InChI=1S/C10H13FN6O6S/c11-10(1-22-24(13,20)21)6(19)5(18)9(23-10)17-3-16-4-7(12)14-2-15-8(4)17/h2-3,5-6,9,18-19H,1H2,(H2,12,14,15)(H2,13,20,21)/t5?,6?,9-,10-/m1/s1. The van der Waals surface area contributed by atoms with Crippen molar-refractivity contribution in [3.05, 3.63) is 12.7 Å². The minimum absolute atomic E-state index is 0.0517. The number of fused-ring (bicyclic) bond motifs is 1. The maximum atomic E-state index is 14.6. The van der Waals surface area contributed by atoms with Crippen LogP contribution in [0.3, 0.4) is 0 Å². The number of anilines is 1. The van der Waals surface area contributed by atoms with Gasteiger partial charge in [0.05, 0.1) is 6.33 Å². The summed E-state index contributed by atoms with van der Waals surface area (Å²) in [5, 5.41) is 24.5. The number of nitrogens with zero attached hydrogens (tertiary/aromatic N) is 4. The lowest BCUT2D eigenvalue weighted by Crippen LogP contribution is -2.44. The van der Waals surface area contributed by atoms with Crippen LogP contribution in [0.1, 0.15) is 6.23 Å². The Morgan fingerprint density at radius 2 is 2.12 bits per heavy atom. The van der Waals surface area contributed by atoms with Crippen LogP contribution in [-0.4, -0.2) is 62.8 Å². The van der Waals surface area contributed by atoms with E-state index in [1.165, 1.54) is 0 Å². The van der Waals surface area contributed by atoms with Crippen LogP contribution >= 0.6 is 0 Å². The zero-order valence-electron chi connectivity index (χ0n) is 11.9. The van der Waals surface area contributed by atoms with Gasteiger partial charge in [-0.2, -0.15) is 8.42 Å². The van der Waals surface area contributed by atoms with E-state index in [1.54, 1.807) is 0 Å². The van der Waals surface area contributed by atoms with Crippen LogP contribution in [0.25, 0.3) is 11.2 Å². The quantitative estimate of drug-likeness (QED) is 0.453. The van der Waals surface area contributed by atoms with E-state index in [0.717, 1.165) is 17.2 Å². The van der Waals surface area contributed by atoms with Gasteiger partial charge in [-0.3, -0.25) is 8.75 Å². The van der Waals surface area contributed by atoms with Crippen molar-refractivity contribution in [2.24, 2.45) is 5.14 Å². The minimum Gasteiger partial charge on any atom is -0.385 e. The summed E-state index contributed by atoms with van der Waals surface area (Å²) in [5.41, 5.74) is 5.93. The Labute approximate surface area is 134 Å². The van der Waals surface area contributed by atoms with E-state index >= 15 is 0 Å². The Hall–Kier alpha value is -1.97. The molecular weight excluding hydrogens is 351 g/mol. The Morgan fingerprint density at radius 1 is 1.42 bits per heavy atom. The number of hydrogen-bond acceptors (Lipinski definition) is 10. The molecule has 0 amide bonds. The summed E-state index contributed by atoms with van der Waals surface area (Å²) < 4.78 is 46.4. The van der Waals surface area contributed by atoms with Crippen molar-refractivity contribution >= 4 is 27.3 Å². The third kappa shape index (κ3) is 2.79. The molecular formula is C10H13FN6O6S. The molecule has 24 heavy (non-hydrogen) atoms. The third-order valence-corrected chi connectivity index (χ3v) is 3.90. The van der Waals surface area contributed by atoms with E-state index in [1.807, 2.05) is 0 Å². The third-order valence-electron chi connectivity index (χ3n) is 3.46. The predicted octanol–water partition coefficient (Wildman–Crippen LogP) is -2.45. The van der Waals surface area contributed by atoms with Gasteiger partial charge in [-0.1, -0.05) is 0 Å². The number of rotatable bonds is 4. The van der Waals surface area contributed by atoms with E-state index in [0.29, 0.717) is 0 Å². The molecule has 2 unspecified atom stereocenters. The Kier molecular flexibility index (Phi) is 3.89. The number of nitrogen functional groups attached to an aromatic ring is 1. The van der Waals surface area contributed by atoms with Gasteiger partial charge < -0.3 is 20.7 Å². The number of imidazole rings is 1. The number of halogens is 1. The van der Waals surface area contributed by atoms with Crippen LogP contribution < -0.4 is 10.9 Å². The molecule has 4 atom stereocenters. The molecule has 0 bridgehead atoms. The summed E-state index contributed by atoms with van der Waals surface area (Å²) in [4.78, 5) is 11.6. The number of nitrogens with two attached hydrogens (primary N) is 2. The number of aromatic nitrogens is 4. The number of aliphatic hydroxyl groups excluding tert-OH is 2. The van der Waals surface area contributed by atoms with Crippen molar-refractivity contribution in [3.8, 4) is 0 Å². The van der Waals surface area contributed by atoms with Gasteiger partial charge in [-0.05, 0) is 0 Å². The van der Waals surface area contributed by atoms with Crippen LogP contribution in [0.15, 0.2) is 12.7 Å². The average molecular weight is 364 g/mol. The maximum Gasteiger partial charge on any atom is 0.333 e. The lowest BCUT2D eigenvalue weighted by Gasteiger charge is -2.21. The van der Waals surface area contributed by atoms with Gasteiger partial charge in [-0.15, -0.1) is 0 Å². The summed E-state index contributed by atoms with van der Waals surface area (Å²) in [7, 11) is -4.47. The molecule has 0 spiro atoms. The highest BCUT2D eigenvalue weighted by atomic mass is 32.2. The molecule has 0 aliphatic carbocycles. The van der Waals surface area contributed by atoms with Crippen LogP contribution in [0.4, 0.5) is 10.2 Å². The Morgan fingerprint density at radius 3 is 2.79 bits per heavy atom. The SMILES string of the molecule is Nc1ncnc2c1ncn2[C@@H]1O[C@](F)(COS(N)(=O)=O)C(O)C1O. The van der Waals surface area contributed by atoms with Crippen molar-refractivity contribution in [2.75, 3.05) is 12.3 Å². The second-order valence-corrected chi connectivity index (χ2v) is 6.29. The van der Waals surface area contributed by atoms with Crippen molar-refractivity contribution in [2.45, 2.75) is 24.3 Å². The molecule has 2 aromatic rings. The molecule has 12 nitrogen and oxygen atoms in total. The second kappa shape index (κ2) is 5.54. The number of ether oxygens (including phenoxy) is 1. The molecule has 132 valence electrons. The highest BCUT2D eigenvalue weighted by Gasteiger charge is 2.57. The molecule has 3 heterocycles. The summed E-state index contributed by atoms with van der Waals surface area (Å²) >= 11 is 0. The van der Waals surface area contributed by atoms with Gasteiger partial charge in [0.15, 0.2) is 17.7 Å². The normalized spacial score (nSPS) is 30.9. The molecule has 14 heteroatoms. The molecule has 1 saturated heterocycles. The highest BCUT2D eigenvalue weighted by molar-refractivity contribution is 7.84. The van der Waals surface area contributed by atoms with Crippen LogP contribution in [0.5, 0.6) is 0 Å². The van der Waals surface area contributed by atoms with Gasteiger partial charge >= 0.3 is 10.3 Å². The molecule has 2 aromatic heterocycles. The van der Waals surface area contributed by atoms with Gasteiger partial charge in [0.2, 0.25) is 0 Å². The monoisotopic (exact) mass is 364 g/mol. The van der Waals surface area contributed by atoms with Crippen molar-refractivity contribution in [1.29, 1.82) is 0 Å². The van der Waals surface area contributed by atoms with E-state index < -0.39 is 41.2 Å². The first-order chi connectivity index (χ1) is 11.1. The average Bonchev–Trinajstić information content (AvgIpc) is 3.02. The fraction of sp³-hybridized carbons (Fsp3) is 0.500. The molecule has 0 radical (unpaired) electrons. The largest absolute Gasteiger partial charge is 0.385 e. The predicted molar refractivity (Wildman–Crippen MR) is 74.8 cm³/mol. The smallest absolute Gasteiger partial charge is 0.333 e. The van der Waals surface area contributed by atoms with Gasteiger partial charge in [0, 0.05) is 0 Å². The first-order valence-electron chi connectivity index (χ1n) is 6.45.